The summed E-state index contributed by atoms with van der Waals surface area (Å²) < 4.78 is 26.9. The van der Waals surface area contributed by atoms with Crippen LogP contribution in [0.4, 0.5) is 0 Å². The molecule has 1 N–H and O–H groups in total. The first-order valence-corrected chi connectivity index (χ1v) is 10.5. The topological polar surface area (TPSA) is 75.7 Å². The Bertz CT molecular complexity index is 930. The molecule has 3 rings (SSSR count). The van der Waals surface area contributed by atoms with Crippen LogP contribution in [-0.2, 0) is 21.5 Å². The van der Waals surface area contributed by atoms with Crippen molar-refractivity contribution in [3.63, 3.8) is 0 Å². The van der Waals surface area contributed by atoms with E-state index in [4.69, 9.17) is 28.0 Å². The number of hydrogen-bond acceptors (Lipinski definition) is 4. The van der Waals surface area contributed by atoms with Gasteiger partial charge in [0.15, 0.2) is 0 Å². The van der Waals surface area contributed by atoms with Crippen LogP contribution in [0.3, 0.4) is 0 Å². The van der Waals surface area contributed by atoms with E-state index in [1.54, 1.807) is 0 Å². The lowest BCUT2D eigenvalue weighted by atomic mass is 10.2. The van der Waals surface area contributed by atoms with Crippen molar-refractivity contribution < 1.29 is 18.0 Å². The largest absolute Gasteiger partial charge is 0.276 e. The lowest BCUT2D eigenvalue weighted by Crippen LogP contribution is -2.29. The van der Waals surface area contributed by atoms with E-state index in [9.17, 15) is 13.2 Å². The van der Waals surface area contributed by atoms with Crippen molar-refractivity contribution in [1.82, 2.24) is 9.79 Å². The Kier molecular flexibility index (Phi) is 6.39. The Morgan fingerprint density at radius 1 is 1.07 bits per heavy atom. The number of hydroxylamine groups is 1. The average molecular weight is 429 g/mol. The number of rotatable bonds is 6. The number of benzene rings is 2. The number of carbonyl (C=O) groups excluding carboxylic acids is 1. The lowest BCUT2D eigenvalue weighted by molar-refractivity contribution is 0.0233. The van der Waals surface area contributed by atoms with E-state index in [1.165, 1.54) is 16.4 Å². The van der Waals surface area contributed by atoms with Gasteiger partial charge in [-0.05, 0) is 30.5 Å². The fourth-order valence-electron chi connectivity index (χ4n) is 2.78. The van der Waals surface area contributed by atoms with E-state index in [-0.39, 0.29) is 27.1 Å². The molecule has 1 fully saturated rings. The summed E-state index contributed by atoms with van der Waals surface area (Å²) in [5, 5.41) is 0.0230. The third-order valence-corrected chi connectivity index (χ3v) is 6.87. The zero-order valence-corrected chi connectivity index (χ0v) is 16.6. The molecule has 0 bridgehead atoms. The molecule has 1 saturated heterocycles. The molecule has 0 saturated carbocycles. The van der Waals surface area contributed by atoms with Crippen molar-refractivity contribution in [2.24, 2.45) is 0 Å². The lowest BCUT2D eigenvalue weighted by Gasteiger charge is -2.17. The monoisotopic (exact) mass is 428 g/mol. The van der Waals surface area contributed by atoms with Crippen LogP contribution < -0.4 is 5.48 Å². The maximum absolute atomic E-state index is 12.8. The van der Waals surface area contributed by atoms with Crippen molar-refractivity contribution >= 4 is 39.1 Å². The van der Waals surface area contributed by atoms with Gasteiger partial charge in [0.1, 0.15) is 4.90 Å². The minimum atomic E-state index is -3.78. The maximum Gasteiger partial charge on any atom is 0.276 e. The zero-order chi connectivity index (χ0) is 19.4. The van der Waals surface area contributed by atoms with Crippen LogP contribution in [0.25, 0.3) is 0 Å². The van der Waals surface area contributed by atoms with Gasteiger partial charge in [0.25, 0.3) is 5.91 Å². The molecule has 1 amide bonds. The molecule has 1 aliphatic heterocycles. The number of nitrogens with one attached hydrogen (secondary N) is 1. The van der Waals surface area contributed by atoms with Crippen LogP contribution >= 0.6 is 23.2 Å². The SMILES string of the molecule is O=C(NOCc1ccccc1)c1cc(S(=O)(=O)N2CCCC2)c(Cl)cc1Cl. The highest BCUT2D eigenvalue weighted by atomic mass is 35.5. The van der Waals surface area contributed by atoms with E-state index in [0.717, 1.165) is 18.4 Å². The van der Waals surface area contributed by atoms with E-state index in [2.05, 4.69) is 5.48 Å². The molecule has 0 atom stereocenters. The first-order chi connectivity index (χ1) is 12.9. The molecule has 144 valence electrons. The van der Waals surface area contributed by atoms with Gasteiger partial charge in [-0.25, -0.2) is 13.9 Å². The van der Waals surface area contributed by atoms with Crippen molar-refractivity contribution in [3.05, 3.63) is 63.6 Å². The van der Waals surface area contributed by atoms with Gasteiger partial charge in [0.05, 0.1) is 22.2 Å². The predicted molar refractivity (Wildman–Crippen MR) is 103 cm³/mol. The summed E-state index contributed by atoms with van der Waals surface area (Å²) in [6.07, 6.45) is 1.59. The molecule has 0 aliphatic carbocycles. The van der Waals surface area contributed by atoms with Crippen molar-refractivity contribution in [3.8, 4) is 0 Å². The van der Waals surface area contributed by atoms with E-state index in [0.29, 0.717) is 13.1 Å². The van der Waals surface area contributed by atoms with E-state index >= 15 is 0 Å². The highest BCUT2D eigenvalue weighted by Gasteiger charge is 2.30. The van der Waals surface area contributed by atoms with Crippen LogP contribution in [0, 0.1) is 0 Å². The van der Waals surface area contributed by atoms with Gasteiger partial charge in [0, 0.05) is 13.1 Å². The molecule has 0 radical (unpaired) electrons. The van der Waals surface area contributed by atoms with E-state index in [1.807, 2.05) is 30.3 Å². The fraction of sp³-hybridized carbons (Fsp3) is 0.278. The Balaban J connectivity index is 1.77. The standard InChI is InChI=1S/C18H18Cl2N2O4S/c19-15-11-16(20)17(27(24,25)22-8-4-5-9-22)10-14(15)18(23)21-26-12-13-6-2-1-3-7-13/h1-3,6-7,10-11H,4-5,8-9,12H2,(H,21,23). The van der Waals surface area contributed by atoms with Gasteiger partial charge < -0.3 is 0 Å². The van der Waals surface area contributed by atoms with Crippen molar-refractivity contribution in [2.75, 3.05) is 13.1 Å². The second kappa shape index (κ2) is 8.58. The minimum Gasteiger partial charge on any atom is -0.269 e. The molecule has 27 heavy (non-hydrogen) atoms. The normalized spacial score (nSPS) is 15.0. The van der Waals surface area contributed by atoms with Gasteiger partial charge in [0.2, 0.25) is 10.0 Å². The number of sulfonamides is 1. The van der Waals surface area contributed by atoms with Gasteiger partial charge in [-0.3, -0.25) is 9.63 Å². The molecule has 1 aliphatic rings. The number of nitrogens with zero attached hydrogens (tertiary/aromatic N) is 1. The Morgan fingerprint density at radius 3 is 2.41 bits per heavy atom. The molecule has 6 nitrogen and oxygen atoms in total. The smallest absolute Gasteiger partial charge is 0.269 e. The third-order valence-electron chi connectivity index (χ3n) is 4.20. The highest BCUT2D eigenvalue weighted by Crippen LogP contribution is 2.32. The maximum atomic E-state index is 12.8. The minimum absolute atomic E-state index is 0.0198. The first kappa shape index (κ1) is 20.1. The summed E-state index contributed by atoms with van der Waals surface area (Å²) in [7, 11) is -3.78. The summed E-state index contributed by atoms with van der Waals surface area (Å²) in [6.45, 7) is 1.03. The molecule has 9 heteroatoms. The quantitative estimate of drug-likeness (QED) is 0.712. The summed E-state index contributed by atoms with van der Waals surface area (Å²) in [5.74, 6) is -0.648. The predicted octanol–water partition coefficient (Wildman–Crippen LogP) is 3.64. The molecule has 1 heterocycles. The summed E-state index contributed by atoms with van der Waals surface area (Å²) >= 11 is 12.2. The molecular weight excluding hydrogens is 411 g/mol. The number of halogens is 2. The first-order valence-electron chi connectivity index (χ1n) is 8.35. The van der Waals surface area contributed by atoms with Crippen LogP contribution in [-0.4, -0.2) is 31.7 Å². The molecule has 2 aromatic rings. The summed E-state index contributed by atoms with van der Waals surface area (Å²) in [5.41, 5.74) is 3.13. The van der Waals surface area contributed by atoms with Gasteiger partial charge in [-0.15, -0.1) is 0 Å². The van der Waals surface area contributed by atoms with Crippen LogP contribution in [0.5, 0.6) is 0 Å². The third kappa shape index (κ3) is 4.62. The van der Waals surface area contributed by atoms with Gasteiger partial charge in [-0.2, -0.15) is 4.31 Å². The molecule has 2 aromatic carbocycles. The number of hydrogen-bond donors (Lipinski definition) is 1. The van der Waals surface area contributed by atoms with E-state index < -0.39 is 15.9 Å². The molecule has 0 aromatic heterocycles. The second-order valence-corrected chi connectivity index (χ2v) is 8.80. The van der Waals surface area contributed by atoms with Crippen LogP contribution in [0.2, 0.25) is 10.0 Å². The number of amides is 1. The molecular formula is C18H18Cl2N2O4S. The Morgan fingerprint density at radius 2 is 1.74 bits per heavy atom. The van der Waals surface area contributed by atoms with Gasteiger partial charge in [-0.1, -0.05) is 53.5 Å². The molecule has 0 unspecified atom stereocenters. The Labute approximate surface area is 168 Å². The second-order valence-electron chi connectivity index (χ2n) is 6.08. The number of carbonyl (C=O) groups is 1. The Hall–Kier alpha value is -1.64. The summed E-state index contributed by atoms with van der Waals surface area (Å²) in [6, 6.07) is 11.7. The van der Waals surface area contributed by atoms with Crippen molar-refractivity contribution in [1.29, 1.82) is 0 Å². The highest BCUT2D eigenvalue weighted by molar-refractivity contribution is 7.89. The molecule has 0 spiro atoms. The fourth-order valence-corrected chi connectivity index (χ4v) is 5.13. The van der Waals surface area contributed by atoms with Gasteiger partial charge >= 0.3 is 0 Å². The van der Waals surface area contributed by atoms with Crippen LogP contribution in [0.1, 0.15) is 28.8 Å². The van der Waals surface area contributed by atoms with Crippen molar-refractivity contribution in [2.45, 2.75) is 24.3 Å². The average Bonchev–Trinajstić information content (AvgIpc) is 3.18. The van der Waals surface area contributed by atoms with Crippen LogP contribution in [0.15, 0.2) is 47.4 Å². The zero-order valence-electron chi connectivity index (χ0n) is 14.3. The summed E-state index contributed by atoms with van der Waals surface area (Å²) in [4.78, 5) is 17.5.